The molecule has 6 nitrogen and oxygen atoms in total. The predicted molar refractivity (Wildman–Crippen MR) is 69.2 cm³/mol. The van der Waals surface area contributed by atoms with Crippen LogP contribution in [-0.4, -0.2) is 15.7 Å². The van der Waals surface area contributed by atoms with Gasteiger partial charge in [-0.1, -0.05) is 18.2 Å². The maximum Gasteiger partial charge on any atom is 0.301 e. The number of nitrogens with two attached hydrogens (primary N) is 1. The topological polar surface area (TPSA) is 86.1 Å². The van der Waals surface area contributed by atoms with Crippen molar-refractivity contribution >= 4 is 16.9 Å². The molecule has 0 unspecified atom stereocenters. The van der Waals surface area contributed by atoms with E-state index in [-0.39, 0.29) is 5.76 Å². The molecule has 0 saturated heterocycles. The number of hydrazine groups is 1. The van der Waals surface area contributed by atoms with Crippen LogP contribution in [0.2, 0.25) is 0 Å². The average Bonchev–Trinajstić information content (AvgIpc) is 3.07. The molecule has 19 heavy (non-hydrogen) atoms. The van der Waals surface area contributed by atoms with E-state index >= 15 is 0 Å². The van der Waals surface area contributed by atoms with Crippen molar-refractivity contribution in [2.45, 2.75) is 6.54 Å². The van der Waals surface area contributed by atoms with Crippen molar-refractivity contribution in [2.24, 2.45) is 5.84 Å². The maximum absolute atomic E-state index is 11.8. The van der Waals surface area contributed by atoms with Crippen LogP contribution in [0.1, 0.15) is 16.1 Å². The van der Waals surface area contributed by atoms with E-state index in [1.54, 1.807) is 10.9 Å². The van der Waals surface area contributed by atoms with Crippen LogP contribution >= 0.6 is 0 Å². The number of hydrogen-bond acceptors (Lipinski definition) is 4. The van der Waals surface area contributed by atoms with Gasteiger partial charge in [0.05, 0.1) is 6.54 Å². The third kappa shape index (κ3) is 1.98. The van der Waals surface area contributed by atoms with E-state index in [1.165, 1.54) is 0 Å². The first-order chi connectivity index (χ1) is 9.29. The molecule has 6 heteroatoms. The van der Waals surface area contributed by atoms with Gasteiger partial charge in [0.1, 0.15) is 5.58 Å². The van der Waals surface area contributed by atoms with Crippen molar-refractivity contribution in [1.82, 2.24) is 15.2 Å². The van der Waals surface area contributed by atoms with E-state index in [0.29, 0.717) is 12.1 Å². The SMILES string of the molecule is NNC(=O)c1oc2ccccc2c1Cn1cccn1. The molecule has 3 rings (SSSR count). The van der Waals surface area contributed by atoms with Gasteiger partial charge in [-0.05, 0) is 12.1 Å². The van der Waals surface area contributed by atoms with Crippen molar-refractivity contribution in [3.8, 4) is 0 Å². The molecule has 96 valence electrons. The summed E-state index contributed by atoms with van der Waals surface area (Å²) in [6, 6.07) is 9.30. The lowest BCUT2D eigenvalue weighted by atomic mass is 10.1. The molecule has 2 heterocycles. The zero-order valence-electron chi connectivity index (χ0n) is 10.0. The molecule has 2 aromatic heterocycles. The van der Waals surface area contributed by atoms with Gasteiger partial charge in [0.2, 0.25) is 0 Å². The van der Waals surface area contributed by atoms with Gasteiger partial charge in [0.25, 0.3) is 0 Å². The summed E-state index contributed by atoms with van der Waals surface area (Å²) in [5.41, 5.74) is 3.52. The minimum Gasteiger partial charge on any atom is -0.450 e. The van der Waals surface area contributed by atoms with E-state index in [4.69, 9.17) is 10.3 Å². The number of carbonyl (C=O) groups is 1. The number of rotatable bonds is 3. The minimum atomic E-state index is -0.446. The van der Waals surface area contributed by atoms with Gasteiger partial charge in [0.15, 0.2) is 5.76 Å². The standard InChI is InChI=1S/C13H12N4O2/c14-16-13(18)12-10(8-17-7-3-6-15-17)9-4-1-2-5-11(9)19-12/h1-7H,8,14H2,(H,16,18). The highest BCUT2D eigenvalue weighted by Gasteiger charge is 2.19. The van der Waals surface area contributed by atoms with E-state index < -0.39 is 5.91 Å². The number of amides is 1. The maximum atomic E-state index is 11.8. The number of carbonyl (C=O) groups excluding carboxylic acids is 1. The lowest BCUT2D eigenvalue weighted by molar-refractivity contribution is 0.0926. The first kappa shape index (κ1) is 11.5. The Bertz CT molecular complexity index is 715. The van der Waals surface area contributed by atoms with Crippen molar-refractivity contribution < 1.29 is 9.21 Å². The van der Waals surface area contributed by atoms with Gasteiger partial charge in [-0.2, -0.15) is 5.10 Å². The zero-order valence-corrected chi connectivity index (χ0v) is 10.0. The van der Waals surface area contributed by atoms with Crippen LogP contribution in [0, 0.1) is 0 Å². The largest absolute Gasteiger partial charge is 0.450 e. The lowest BCUT2D eigenvalue weighted by Crippen LogP contribution is -2.30. The van der Waals surface area contributed by atoms with Crippen molar-refractivity contribution in [3.63, 3.8) is 0 Å². The van der Waals surface area contributed by atoms with Crippen LogP contribution in [0.3, 0.4) is 0 Å². The molecule has 1 amide bonds. The van der Waals surface area contributed by atoms with Crippen LogP contribution < -0.4 is 11.3 Å². The second kappa shape index (κ2) is 4.58. The molecule has 0 saturated carbocycles. The third-order valence-electron chi connectivity index (χ3n) is 2.91. The van der Waals surface area contributed by atoms with E-state index in [2.05, 4.69) is 10.5 Å². The number of benzene rings is 1. The van der Waals surface area contributed by atoms with Crippen molar-refractivity contribution in [2.75, 3.05) is 0 Å². The summed E-state index contributed by atoms with van der Waals surface area (Å²) in [6.07, 6.45) is 3.51. The van der Waals surface area contributed by atoms with Gasteiger partial charge in [-0.15, -0.1) is 0 Å². The Kier molecular flexibility index (Phi) is 2.77. The second-order valence-electron chi connectivity index (χ2n) is 4.08. The second-order valence-corrected chi connectivity index (χ2v) is 4.08. The van der Waals surface area contributed by atoms with Crippen LogP contribution in [0.15, 0.2) is 47.1 Å². The highest BCUT2D eigenvalue weighted by molar-refractivity contribution is 5.98. The van der Waals surface area contributed by atoms with Crippen LogP contribution in [-0.2, 0) is 6.54 Å². The molecular formula is C13H12N4O2. The number of fused-ring (bicyclic) bond motifs is 1. The molecule has 0 bridgehead atoms. The monoisotopic (exact) mass is 256 g/mol. The summed E-state index contributed by atoms with van der Waals surface area (Å²) in [5, 5.41) is 5.02. The number of para-hydroxylation sites is 1. The number of nitrogens with one attached hydrogen (secondary N) is 1. The fraction of sp³-hybridized carbons (Fsp3) is 0.0769. The molecule has 0 fully saturated rings. The number of nitrogens with zero attached hydrogens (tertiary/aromatic N) is 2. The van der Waals surface area contributed by atoms with E-state index in [0.717, 1.165) is 10.9 Å². The summed E-state index contributed by atoms with van der Waals surface area (Å²) < 4.78 is 7.29. The van der Waals surface area contributed by atoms with Gasteiger partial charge in [-0.3, -0.25) is 14.9 Å². The molecule has 3 N–H and O–H groups in total. The highest BCUT2D eigenvalue weighted by Crippen LogP contribution is 2.26. The lowest BCUT2D eigenvalue weighted by Gasteiger charge is -2.02. The molecular weight excluding hydrogens is 244 g/mol. The fourth-order valence-corrected chi connectivity index (χ4v) is 2.06. The Morgan fingerprint density at radius 1 is 1.37 bits per heavy atom. The van der Waals surface area contributed by atoms with Crippen LogP contribution in [0.5, 0.6) is 0 Å². The molecule has 1 aromatic carbocycles. The summed E-state index contributed by atoms with van der Waals surface area (Å²) >= 11 is 0. The first-order valence-electron chi connectivity index (χ1n) is 5.78. The molecule has 0 spiro atoms. The molecule has 0 atom stereocenters. The molecule has 0 aliphatic rings. The predicted octanol–water partition coefficient (Wildman–Crippen LogP) is 1.28. The van der Waals surface area contributed by atoms with Crippen molar-refractivity contribution in [1.29, 1.82) is 0 Å². The Balaban J connectivity index is 2.15. The highest BCUT2D eigenvalue weighted by atomic mass is 16.3. The minimum absolute atomic E-state index is 0.221. The van der Waals surface area contributed by atoms with E-state index in [1.807, 2.05) is 36.5 Å². The molecule has 0 radical (unpaired) electrons. The quantitative estimate of drug-likeness (QED) is 0.420. The summed E-state index contributed by atoms with van der Waals surface area (Å²) in [4.78, 5) is 11.8. The summed E-state index contributed by atoms with van der Waals surface area (Å²) in [6.45, 7) is 0.451. The number of nitrogen functional groups attached to an aromatic ring is 1. The zero-order chi connectivity index (χ0) is 13.2. The number of aromatic nitrogens is 2. The fourth-order valence-electron chi connectivity index (χ4n) is 2.06. The molecule has 0 aliphatic heterocycles. The first-order valence-corrected chi connectivity index (χ1v) is 5.78. The van der Waals surface area contributed by atoms with Crippen LogP contribution in [0.25, 0.3) is 11.0 Å². The average molecular weight is 256 g/mol. The normalized spacial score (nSPS) is 10.8. The van der Waals surface area contributed by atoms with Gasteiger partial charge < -0.3 is 4.42 Å². The molecule has 0 aliphatic carbocycles. The Morgan fingerprint density at radius 2 is 2.21 bits per heavy atom. The Labute approximate surface area is 108 Å². The van der Waals surface area contributed by atoms with Gasteiger partial charge in [-0.25, -0.2) is 5.84 Å². The van der Waals surface area contributed by atoms with Crippen LogP contribution in [0.4, 0.5) is 0 Å². The van der Waals surface area contributed by atoms with Crippen molar-refractivity contribution in [3.05, 3.63) is 54.0 Å². The van der Waals surface area contributed by atoms with Gasteiger partial charge in [0, 0.05) is 23.3 Å². The summed E-state index contributed by atoms with van der Waals surface area (Å²) in [5.74, 6) is 4.96. The Hall–Kier alpha value is -2.60. The third-order valence-corrected chi connectivity index (χ3v) is 2.91. The number of furan rings is 1. The summed E-state index contributed by atoms with van der Waals surface area (Å²) in [7, 11) is 0. The van der Waals surface area contributed by atoms with Gasteiger partial charge >= 0.3 is 5.91 Å². The molecule has 3 aromatic rings. The number of hydrogen-bond donors (Lipinski definition) is 2. The van der Waals surface area contributed by atoms with E-state index in [9.17, 15) is 4.79 Å². The Morgan fingerprint density at radius 3 is 2.95 bits per heavy atom. The smallest absolute Gasteiger partial charge is 0.301 e.